The SMILES string of the molecule is COc1cc2c(cc1OC)CN(CCC(C)=O)CC2. The summed E-state index contributed by atoms with van der Waals surface area (Å²) in [5.74, 6) is 1.81. The predicted octanol–water partition coefficient (Wildman–Crippen LogP) is 2.04. The molecule has 0 spiro atoms. The van der Waals surface area contributed by atoms with E-state index in [9.17, 15) is 4.79 Å². The van der Waals surface area contributed by atoms with Gasteiger partial charge in [0.25, 0.3) is 0 Å². The molecule has 0 unspecified atom stereocenters. The minimum absolute atomic E-state index is 0.248. The lowest BCUT2D eigenvalue weighted by Crippen LogP contribution is -2.32. The maximum absolute atomic E-state index is 11.1. The van der Waals surface area contributed by atoms with Gasteiger partial charge in [0.2, 0.25) is 0 Å². The summed E-state index contributed by atoms with van der Waals surface area (Å²) in [6.07, 6.45) is 1.62. The molecule has 4 heteroatoms. The first kappa shape index (κ1) is 13.9. The van der Waals surface area contributed by atoms with Gasteiger partial charge in [-0.25, -0.2) is 0 Å². The Morgan fingerprint density at radius 1 is 1.21 bits per heavy atom. The first-order valence-electron chi connectivity index (χ1n) is 6.59. The Labute approximate surface area is 114 Å². The van der Waals surface area contributed by atoms with E-state index in [1.165, 1.54) is 11.1 Å². The molecule has 0 atom stereocenters. The van der Waals surface area contributed by atoms with Gasteiger partial charge >= 0.3 is 0 Å². The lowest BCUT2D eigenvalue weighted by molar-refractivity contribution is -0.117. The molecule has 1 aliphatic heterocycles. The molecule has 0 radical (unpaired) electrons. The summed E-state index contributed by atoms with van der Waals surface area (Å²) in [5.41, 5.74) is 2.59. The van der Waals surface area contributed by atoms with Gasteiger partial charge in [-0.1, -0.05) is 0 Å². The van der Waals surface area contributed by atoms with E-state index >= 15 is 0 Å². The van der Waals surface area contributed by atoms with E-state index in [-0.39, 0.29) is 5.78 Å². The molecule has 0 aliphatic carbocycles. The smallest absolute Gasteiger partial charge is 0.161 e. The minimum Gasteiger partial charge on any atom is -0.493 e. The summed E-state index contributed by atoms with van der Waals surface area (Å²) in [6, 6.07) is 4.12. The van der Waals surface area contributed by atoms with E-state index in [4.69, 9.17) is 9.47 Å². The van der Waals surface area contributed by atoms with Crippen LogP contribution in [0.4, 0.5) is 0 Å². The van der Waals surface area contributed by atoms with Crippen molar-refractivity contribution in [2.45, 2.75) is 26.3 Å². The monoisotopic (exact) mass is 263 g/mol. The fourth-order valence-electron chi connectivity index (χ4n) is 2.45. The molecule has 0 amide bonds. The van der Waals surface area contributed by atoms with Crippen molar-refractivity contribution in [3.05, 3.63) is 23.3 Å². The summed E-state index contributed by atoms with van der Waals surface area (Å²) in [7, 11) is 3.31. The zero-order valence-corrected chi connectivity index (χ0v) is 11.9. The fraction of sp³-hybridized carbons (Fsp3) is 0.533. The van der Waals surface area contributed by atoms with Gasteiger partial charge < -0.3 is 9.47 Å². The van der Waals surface area contributed by atoms with E-state index in [1.54, 1.807) is 21.1 Å². The van der Waals surface area contributed by atoms with E-state index in [0.29, 0.717) is 6.42 Å². The molecule has 0 saturated carbocycles. The normalized spacial score (nSPS) is 14.9. The highest BCUT2D eigenvalue weighted by molar-refractivity contribution is 5.75. The summed E-state index contributed by atoms with van der Waals surface area (Å²) < 4.78 is 10.7. The van der Waals surface area contributed by atoms with Crippen molar-refractivity contribution in [3.8, 4) is 11.5 Å². The van der Waals surface area contributed by atoms with Gasteiger partial charge in [0.05, 0.1) is 14.2 Å². The van der Waals surface area contributed by atoms with Crippen LogP contribution >= 0.6 is 0 Å². The second-order valence-electron chi connectivity index (χ2n) is 4.95. The van der Waals surface area contributed by atoms with Gasteiger partial charge in [-0.2, -0.15) is 0 Å². The van der Waals surface area contributed by atoms with Crippen LogP contribution in [0, 0.1) is 0 Å². The number of ketones is 1. The van der Waals surface area contributed by atoms with Gasteiger partial charge in [-0.3, -0.25) is 9.69 Å². The zero-order chi connectivity index (χ0) is 13.8. The number of carbonyl (C=O) groups excluding carboxylic acids is 1. The standard InChI is InChI=1S/C15H21NO3/c1-11(17)4-6-16-7-5-12-8-14(18-2)15(19-3)9-13(12)10-16/h8-9H,4-7,10H2,1-3H3. The first-order chi connectivity index (χ1) is 9.13. The van der Waals surface area contributed by atoms with Crippen molar-refractivity contribution in [1.82, 2.24) is 4.90 Å². The molecule has 104 valence electrons. The Balaban J connectivity index is 2.13. The highest BCUT2D eigenvalue weighted by Gasteiger charge is 2.19. The summed E-state index contributed by atoms with van der Waals surface area (Å²) in [4.78, 5) is 13.4. The third-order valence-corrected chi connectivity index (χ3v) is 3.58. The van der Waals surface area contributed by atoms with Crippen LogP contribution in [0.15, 0.2) is 12.1 Å². The van der Waals surface area contributed by atoms with E-state index < -0.39 is 0 Å². The van der Waals surface area contributed by atoms with Crippen molar-refractivity contribution in [3.63, 3.8) is 0 Å². The molecule has 0 aromatic heterocycles. The van der Waals surface area contributed by atoms with Gasteiger partial charge in [-0.05, 0) is 36.6 Å². The van der Waals surface area contributed by atoms with Crippen LogP contribution in [0.2, 0.25) is 0 Å². The average molecular weight is 263 g/mol. The Bertz CT molecular complexity index is 471. The molecule has 1 aliphatic rings. The Kier molecular flexibility index (Phi) is 4.43. The van der Waals surface area contributed by atoms with Crippen LogP contribution in [0.5, 0.6) is 11.5 Å². The predicted molar refractivity (Wildman–Crippen MR) is 73.8 cm³/mol. The van der Waals surface area contributed by atoms with Crippen LogP contribution in [-0.2, 0) is 17.8 Å². The number of rotatable bonds is 5. The number of hydrogen-bond donors (Lipinski definition) is 0. The van der Waals surface area contributed by atoms with Crippen molar-refractivity contribution in [2.24, 2.45) is 0 Å². The lowest BCUT2D eigenvalue weighted by atomic mass is 9.98. The van der Waals surface area contributed by atoms with Crippen LogP contribution in [-0.4, -0.2) is 38.0 Å². The highest BCUT2D eigenvalue weighted by atomic mass is 16.5. The fourth-order valence-corrected chi connectivity index (χ4v) is 2.45. The summed E-state index contributed by atoms with van der Waals surface area (Å²) in [5, 5.41) is 0. The van der Waals surface area contributed by atoms with Crippen molar-refractivity contribution in [1.29, 1.82) is 0 Å². The van der Waals surface area contributed by atoms with Gasteiger partial charge in [0, 0.05) is 26.1 Å². The number of methoxy groups -OCH3 is 2. The number of ether oxygens (including phenoxy) is 2. The van der Waals surface area contributed by atoms with Crippen LogP contribution in [0.1, 0.15) is 24.5 Å². The van der Waals surface area contributed by atoms with Gasteiger partial charge in [0.1, 0.15) is 5.78 Å². The summed E-state index contributed by atoms with van der Waals surface area (Å²) >= 11 is 0. The van der Waals surface area contributed by atoms with Crippen LogP contribution in [0.3, 0.4) is 0 Å². The van der Waals surface area contributed by atoms with Crippen molar-refractivity contribution in [2.75, 3.05) is 27.3 Å². The average Bonchev–Trinajstić information content (AvgIpc) is 2.43. The molecular weight excluding hydrogens is 242 g/mol. The maximum atomic E-state index is 11.1. The molecule has 0 bridgehead atoms. The number of fused-ring (bicyclic) bond motifs is 1. The molecule has 2 rings (SSSR count). The molecule has 19 heavy (non-hydrogen) atoms. The zero-order valence-electron chi connectivity index (χ0n) is 11.9. The second kappa shape index (κ2) is 6.06. The quantitative estimate of drug-likeness (QED) is 0.815. The van der Waals surface area contributed by atoms with E-state index in [1.807, 2.05) is 6.07 Å². The largest absolute Gasteiger partial charge is 0.493 e. The lowest BCUT2D eigenvalue weighted by Gasteiger charge is -2.29. The molecule has 0 saturated heterocycles. The third kappa shape index (κ3) is 3.26. The summed E-state index contributed by atoms with van der Waals surface area (Å²) in [6.45, 7) is 4.35. The van der Waals surface area contributed by atoms with Crippen LogP contribution in [0.25, 0.3) is 0 Å². The molecule has 0 fully saturated rings. The van der Waals surface area contributed by atoms with E-state index in [2.05, 4.69) is 11.0 Å². The number of carbonyl (C=O) groups is 1. The maximum Gasteiger partial charge on any atom is 0.161 e. The van der Waals surface area contributed by atoms with E-state index in [0.717, 1.165) is 37.6 Å². The minimum atomic E-state index is 0.248. The number of Topliss-reactive ketones (excluding diaryl/α,β-unsaturated/α-hetero) is 1. The first-order valence-corrected chi connectivity index (χ1v) is 6.59. The molecule has 1 aromatic carbocycles. The number of nitrogens with zero attached hydrogens (tertiary/aromatic N) is 1. The third-order valence-electron chi connectivity index (χ3n) is 3.58. The Hall–Kier alpha value is -1.55. The Morgan fingerprint density at radius 3 is 2.42 bits per heavy atom. The Morgan fingerprint density at radius 2 is 1.84 bits per heavy atom. The van der Waals surface area contributed by atoms with Crippen molar-refractivity contribution < 1.29 is 14.3 Å². The number of hydrogen-bond acceptors (Lipinski definition) is 4. The second-order valence-corrected chi connectivity index (χ2v) is 4.95. The topological polar surface area (TPSA) is 38.8 Å². The molecule has 4 nitrogen and oxygen atoms in total. The highest BCUT2D eigenvalue weighted by Crippen LogP contribution is 2.33. The molecule has 1 heterocycles. The van der Waals surface area contributed by atoms with Gasteiger partial charge in [-0.15, -0.1) is 0 Å². The van der Waals surface area contributed by atoms with Crippen molar-refractivity contribution >= 4 is 5.78 Å². The number of benzene rings is 1. The van der Waals surface area contributed by atoms with Gasteiger partial charge in [0.15, 0.2) is 11.5 Å². The van der Waals surface area contributed by atoms with Crippen LogP contribution < -0.4 is 9.47 Å². The molecule has 0 N–H and O–H groups in total. The molecule has 1 aromatic rings. The molecular formula is C15H21NO3.